The minimum atomic E-state index is 0.0807. The standard InChI is InChI=1S/C18H24N2O/c1-3-4-5-8-14(2)20-17(21)13-16-10-6-9-15-11-7-12-19-18(15)16/h6-7,9-12,14H,3-5,8,13H2,1-2H3,(H,20,21). The molecule has 3 heteroatoms. The molecule has 0 saturated heterocycles. The summed E-state index contributed by atoms with van der Waals surface area (Å²) in [7, 11) is 0. The summed E-state index contributed by atoms with van der Waals surface area (Å²) < 4.78 is 0. The van der Waals surface area contributed by atoms with Crippen LogP contribution in [0.3, 0.4) is 0 Å². The Bertz CT molecular complexity index is 589. The molecular weight excluding hydrogens is 260 g/mol. The Morgan fingerprint density at radius 3 is 2.86 bits per heavy atom. The maximum atomic E-state index is 12.2. The van der Waals surface area contributed by atoms with Gasteiger partial charge in [-0.05, 0) is 25.0 Å². The van der Waals surface area contributed by atoms with Gasteiger partial charge < -0.3 is 5.32 Å². The second kappa shape index (κ2) is 7.77. The highest BCUT2D eigenvalue weighted by atomic mass is 16.1. The predicted molar refractivity (Wildman–Crippen MR) is 87.2 cm³/mol. The molecule has 0 radical (unpaired) electrons. The molecule has 0 fully saturated rings. The molecule has 0 aliphatic rings. The molecule has 112 valence electrons. The molecule has 2 rings (SSSR count). The van der Waals surface area contributed by atoms with E-state index in [0.717, 1.165) is 22.9 Å². The molecule has 1 aromatic heterocycles. The van der Waals surface area contributed by atoms with Crippen molar-refractivity contribution in [3.05, 3.63) is 42.1 Å². The fourth-order valence-corrected chi connectivity index (χ4v) is 2.58. The van der Waals surface area contributed by atoms with Crippen molar-refractivity contribution >= 4 is 16.8 Å². The third-order valence-electron chi connectivity index (χ3n) is 3.72. The maximum absolute atomic E-state index is 12.2. The second-order valence-corrected chi connectivity index (χ2v) is 5.63. The van der Waals surface area contributed by atoms with Crippen molar-refractivity contribution in [2.24, 2.45) is 0 Å². The van der Waals surface area contributed by atoms with E-state index >= 15 is 0 Å². The summed E-state index contributed by atoms with van der Waals surface area (Å²) in [6, 6.07) is 10.2. The van der Waals surface area contributed by atoms with Crippen LogP contribution in [0.25, 0.3) is 10.9 Å². The van der Waals surface area contributed by atoms with Gasteiger partial charge in [0.25, 0.3) is 0 Å². The first-order chi connectivity index (χ1) is 10.2. The number of amides is 1. The van der Waals surface area contributed by atoms with Crippen molar-refractivity contribution in [3.63, 3.8) is 0 Å². The van der Waals surface area contributed by atoms with Crippen LogP contribution in [-0.2, 0) is 11.2 Å². The SMILES string of the molecule is CCCCCC(C)NC(=O)Cc1cccc2cccnc12. The highest BCUT2D eigenvalue weighted by Gasteiger charge is 2.10. The van der Waals surface area contributed by atoms with Crippen molar-refractivity contribution in [3.8, 4) is 0 Å². The topological polar surface area (TPSA) is 42.0 Å². The Hall–Kier alpha value is -1.90. The van der Waals surface area contributed by atoms with Gasteiger partial charge in [0.05, 0.1) is 11.9 Å². The number of hydrogen-bond acceptors (Lipinski definition) is 2. The van der Waals surface area contributed by atoms with Crippen molar-refractivity contribution < 1.29 is 4.79 Å². The monoisotopic (exact) mass is 284 g/mol. The number of hydrogen-bond donors (Lipinski definition) is 1. The number of para-hydroxylation sites is 1. The average Bonchev–Trinajstić information content (AvgIpc) is 2.48. The molecule has 3 nitrogen and oxygen atoms in total. The zero-order valence-electron chi connectivity index (χ0n) is 12.9. The molecule has 0 aliphatic heterocycles. The van der Waals surface area contributed by atoms with Gasteiger partial charge in [0.15, 0.2) is 0 Å². The Kier molecular flexibility index (Phi) is 5.73. The number of aromatic nitrogens is 1. The number of benzene rings is 1. The van der Waals surface area contributed by atoms with Crippen LogP contribution < -0.4 is 5.32 Å². The number of carbonyl (C=O) groups excluding carboxylic acids is 1. The van der Waals surface area contributed by atoms with Crippen molar-refractivity contribution in [2.75, 3.05) is 0 Å². The van der Waals surface area contributed by atoms with Gasteiger partial charge in [-0.1, -0.05) is 50.5 Å². The molecule has 0 aliphatic carbocycles. The lowest BCUT2D eigenvalue weighted by molar-refractivity contribution is -0.121. The van der Waals surface area contributed by atoms with Gasteiger partial charge in [0, 0.05) is 17.6 Å². The minimum absolute atomic E-state index is 0.0807. The zero-order valence-corrected chi connectivity index (χ0v) is 12.9. The van der Waals surface area contributed by atoms with Gasteiger partial charge in [0.2, 0.25) is 5.91 Å². The summed E-state index contributed by atoms with van der Waals surface area (Å²) in [4.78, 5) is 16.6. The lowest BCUT2D eigenvalue weighted by Crippen LogP contribution is -2.33. The third kappa shape index (κ3) is 4.55. The first-order valence-electron chi connectivity index (χ1n) is 7.82. The zero-order chi connectivity index (χ0) is 15.1. The number of carbonyl (C=O) groups is 1. The van der Waals surface area contributed by atoms with Gasteiger partial charge in [-0.3, -0.25) is 9.78 Å². The summed E-state index contributed by atoms with van der Waals surface area (Å²) in [5.41, 5.74) is 1.92. The molecule has 2 aromatic rings. The van der Waals surface area contributed by atoms with Crippen LogP contribution in [0, 0.1) is 0 Å². The number of nitrogens with zero attached hydrogens (tertiary/aromatic N) is 1. The van der Waals surface area contributed by atoms with E-state index in [1.54, 1.807) is 6.20 Å². The van der Waals surface area contributed by atoms with Crippen LogP contribution >= 0.6 is 0 Å². The lowest BCUT2D eigenvalue weighted by atomic mass is 10.1. The smallest absolute Gasteiger partial charge is 0.224 e. The summed E-state index contributed by atoms with van der Waals surface area (Å²) in [5.74, 6) is 0.0807. The quantitative estimate of drug-likeness (QED) is 0.784. The Balaban J connectivity index is 1.95. The van der Waals surface area contributed by atoms with Crippen LogP contribution in [0.4, 0.5) is 0 Å². The van der Waals surface area contributed by atoms with Gasteiger partial charge in [0.1, 0.15) is 0 Å². The molecule has 1 unspecified atom stereocenters. The fraction of sp³-hybridized carbons (Fsp3) is 0.444. The fourth-order valence-electron chi connectivity index (χ4n) is 2.58. The molecule has 0 bridgehead atoms. The van der Waals surface area contributed by atoms with E-state index in [4.69, 9.17) is 0 Å². The molecule has 1 atom stereocenters. The van der Waals surface area contributed by atoms with Gasteiger partial charge in [-0.2, -0.15) is 0 Å². The summed E-state index contributed by atoms with van der Waals surface area (Å²) >= 11 is 0. The normalized spacial score (nSPS) is 12.3. The Morgan fingerprint density at radius 2 is 2.05 bits per heavy atom. The van der Waals surface area contributed by atoms with E-state index in [2.05, 4.69) is 24.1 Å². The highest BCUT2D eigenvalue weighted by Crippen LogP contribution is 2.16. The van der Waals surface area contributed by atoms with E-state index in [1.807, 2.05) is 30.3 Å². The van der Waals surface area contributed by atoms with E-state index in [0.29, 0.717) is 6.42 Å². The van der Waals surface area contributed by atoms with Crippen LogP contribution in [0.1, 0.15) is 45.1 Å². The van der Waals surface area contributed by atoms with Crippen LogP contribution in [0.5, 0.6) is 0 Å². The Labute approximate surface area is 126 Å². The molecule has 1 N–H and O–H groups in total. The van der Waals surface area contributed by atoms with Crippen molar-refractivity contribution in [2.45, 2.75) is 52.0 Å². The van der Waals surface area contributed by atoms with Crippen LogP contribution in [-0.4, -0.2) is 16.9 Å². The van der Waals surface area contributed by atoms with Crippen molar-refractivity contribution in [1.29, 1.82) is 0 Å². The molecule has 0 saturated carbocycles. The predicted octanol–water partition coefficient (Wildman–Crippen LogP) is 3.86. The third-order valence-corrected chi connectivity index (χ3v) is 3.72. The van der Waals surface area contributed by atoms with E-state index in [-0.39, 0.29) is 11.9 Å². The molecule has 1 amide bonds. The van der Waals surface area contributed by atoms with Gasteiger partial charge in [-0.15, -0.1) is 0 Å². The van der Waals surface area contributed by atoms with E-state index in [1.165, 1.54) is 19.3 Å². The Morgan fingerprint density at radius 1 is 1.24 bits per heavy atom. The molecule has 0 spiro atoms. The van der Waals surface area contributed by atoms with Crippen LogP contribution in [0.15, 0.2) is 36.5 Å². The number of nitrogens with one attached hydrogen (secondary N) is 1. The summed E-state index contributed by atoms with van der Waals surface area (Å²) in [6.07, 6.45) is 6.83. The van der Waals surface area contributed by atoms with Gasteiger partial charge in [-0.25, -0.2) is 0 Å². The van der Waals surface area contributed by atoms with E-state index < -0.39 is 0 Å². The molecule has 1 heterocycles. The van der Waals surface area contributed by atoms with Crippen LogP contribution in [0.2, 0.25) is 0 Å². The first-order valence-corrected chi connectivity index (χ1v) is 7.82. The maximum Gasteiger partial charge on any atom is 0.224 e. The molecular formula is C18H24N2O. The largest absolute Gasteiger partial charge is 0.353 e. The number of rotatable bonds is 7. The average molecular weight is 284 g/mol. The molecule has 1 aromatic carbocycles. The lowest BCUT2D eigenvalue weighted by Gasteiger charge is -2.14. The van der Waals surface area contributed by atoms with E-state index in [9.17, 15) is 4.79 Å². The van der Waals surface area contributed by atoms with Gasteiger partial charge >= 0.3 is 0 Å². The number of fused-ring (bicyclic) bond motifs is 1. The molecule has 21 heavy (non-hydrogen) atoms. The first kappa shape index (κ1) is 15.5. The van der Waals surface area contributed by atoms with Crippen molar-refractivity contribution in [1.82, 2.24) is 10.3 Å². The summed E-state index contributed by atoms with van der Waals surface area (Å²) in [6.45, 7) is 4.27. The minimum Gasteiger partial charge on any atom is -0.353 e. The second-order valence-electron chi connectivity index (χ2n) is 5.63. The number of unbranched alkanes of at least 4 members (excludes halogenated alkanes) is 2. The summed E-state index contributed by atoms with van der Waals surface area (Å²) in [5, 5.41) is 4.17. The highest BCUT2D eigenvalue weighted by molar-refractivity contribution is 5.87. The number of pyridine rings is 1.